The van der Waals surface area contributed by atoms with Gasteiger partial charge in [0.05, 0.1) is 13.2 Å². The van der Waals surface area contributed by atoms with Crippen LogP contribution in [-0.2, 0) is 22.7 Å². The molecule has 5 nitrogen and oxygen atoms in total. The van der Waals surface area contributed by atoms with E-state index in [1.807, 2.05) is 49.4 Å². The first-order valence-corrected chi connectivity index (χ1v) is 7.70. The van der Waals surface area contributed by atoms with E-state index in [4.69, 9.17) is 9.47 Å². The van der Waals surface area contributed by atoms with Gasteiger partial charge in [0.15, 0.2) is 0 Å². The molecule has 0 saturated heterocycles. The zero-order valence-electron chi connectivity index (χ0n) is 13.5. The van der Waals surface area contributed by atoms with Crippen LogP contribution in [0, 0.1) is 0 Å². The Morgan fingerprint density at radius 1 is 1.22 bits per heavy atom. The molecular weight excluding hydrogens is 292 g/mol. The van der Waals surface area contributed by atoms with Crippen molar-refractivity contribution in [3.63, 3.8) is 0 Å². The van der Waals surface area contributed by atoms with E-state index in [0.717, 1.165) is 11.1 Å². The number of nitrogens with one attached hydrogen (secondary N) is 1. The van der Waals surface area contributed by atoms with E-state index in [9.17, 15) is 4.79 Å². The SMILES string of the molecule is CCOc1ncccc1CNC(=O)C(C)OCc1ccccc1. The Hall–Kier alpha value is -2.40. The van der Waals surface area contributed by atoms with Crippen LogP contribution < -0.4 is 10.1 Å². The molecule has 0 aliphatic carbocycles. The summed E-state index contributed by atoms with van der Waals surface area (Å²) >= 11 is 0. The van der Waals surface area contributed by atoms with Crippen molar-refractivity contribution in [3.05, 3.63) is 59.8 Å². The molecule has 0 saturated carbocycles. The molecule has 1 N–H and O–H groups in total. The van der Waals surface area contributed by atoms with Crippen LogP contribution in [-0.4, -0.2) is 23.6 Å². The van der Waals surface area contributed by atoms with Crippen LogP contribution in [0.25, 0.3) is 0 Å². The fraction of sp³-hybridized carbons (Fsp3) is 0.333. The van der Waals surface area contributed by atoms with E-state index in [0.29, 0.717) is 25.6 Å². The molecule has 0 aliphatic heterocycles. The molecule has 1 atom stereocenters. The second-order valence-electron chi connectivity index (χ2n) is 5.06. The number of carbonyl (C=O) groups is 1. The number of pyridine rings is 1. The Bertz CT molecular complexity index is 617. The summed E-state index contributed by atoms with van der Waals surface area (Å²) in [6.07, 6.45) is 1.14. The smallest absolute Gasteiger partial charge is 0.249 e. The number of benzene rings is 1. The lowest BCUT2D eigenvalue weighted by Gasteiger charge is -2.14. The van der Waals surface area contributed by atoms with Gasteiger partial charge in [-0.25, -0.2) is 4.98 Å². The summed E-state index contributed by atoms with van der Waals surface area (Å²) in [6.45, 7) is 4.95. The van der Waals surface area contributed by atoms with Gasteiger partial charge in [-0.1, -0.05) is 36.4 Å². The molecule has 0 radical (unpaired) electrons. The summed E-state index contributed by atoms with van der Waals surface area (Å²) in [6, 6.07) is 13.5. The third-order valence-electron chi connectivity index (χ3n) is 3.30. The number of amides is 1. The molecule has 1 unspecified atom stereocenters. The first kappa shape index (κ1) is 17.0. The molecule has 0 fully saturated rings. The van der Waals surface area contributed by atoms with Crippen molar-refractivity contribution >= 4 is 5.91 Å². The lowest BCUT2D eigenvalue weighted by Crippen LogP contribution is -2.34. The number of aromatic nitrogens is 1. The molecule has 0 aliphatic rings. The number of rotatable bonds is 8. The average molecular weight is 314 g/mol. The van der Waals surface area contributed by atoms with E-state index < -0.39 is 6.10 Å². The van der Waals surface area contributed by atoms with E-state index in [1.54, 1.807) is 13.1 Å². The summed E-state index contributed by atoms with van der Waals surface area (Å²) in [5.74, 6) is 0.389. The highest BCUT2D eigenvalue weighted by Crippen LogP contribution is 2.14. The van der Waals surface area contributed by atoms with Crippen molar-refractivity contribution in [2.45, 2.75) is 33.1 Å². The fourth-order valence-corrected chi connectivity index (χ4v) is 2.02. The Kier molecular flexibility index (Phi) is 6.56. The first-order chi connectivity index (χ1) is 11.2. The van der Waals surface area contributed by atoms with Crippen LogP contribution in [0.5, 0.6) is 5.88 Å². The molecule has 2 rings (SSSR count). The fourth-order valence-electron chi connectivity index (χ4n) is 2.02. The molecule has 5 heteroatoms. The van der Waals surface area contributed by atoms with Gasteiger partial charge in [0.1, 0.15) is 6.10 Å². The normalized spacial score (nSPS) is 11.7. The van der Waals surface area contributed by atoms with Crippen LogP contribution in [0.15, 0.2) is 48.7 Å². The van der Waals surface area contributed by atoms with Gasteiger partial charge < -0.3 is 14.8 Å². The maximum Gasteiger partial charge on any atom is 0.249 e. The van der Waals surface area contributed by atoms with Gasteiger partial charge in [-0.2, -0.15) is 0 Å². The Balaban J connectivity index is 1.82. The van der Waals surface area contributed by atoms with E-state index >= 15 is 0 Å². The molecule has 1 amide bonds. The van der Waals surface area contributed by atoms with Gasteiger partial charge in [0.2, 0.25) is 11.8 Å². The van der Waals surface area contributed by atoms with Gasteiger partial charge >= 0.3 is 0 Å². The predicted molar refractivity (Wildman–Crippen MR) is 87.9 cm³/mol. The number of hydrogen-bond acceptors (Lipinski definition) is 4. The van der Waals surface area contributed by atoms with E-state index in [-0.39, 0.29) is 5.91 Å². The summed E-state index contributed by atoms with van der Waals surface area (Å²) in [4.78, 5) is 16.3. The zero-order valence-corrected chi connectivity index (χ0v) is 13.5. The van der Waals surface area contributed by atoms with Crippen LogP contribution in [0.1, 0.15) is 25.0 Å². The van der Waals surface area contributed by atoms with Crippen LogP contribution in [0.2, 0.25) is 0 Å². The second-order valence-corrected chi connectivity index (χ2v) is 5.06. The van der Waals surface area contributed by atoms with Crippen molar-refractivity contribution < 1.29 is 14.3 Å². The highest BCUT2D eigenvalue weighted by Gasteiger charge is 2.14. The van der Waals surface area contributed by atoms with E-state index in [2.05, 4.69) is 10.3 Å². The van der Waals surface area contributed by atoms with Gasteiger partial charge in [-0.3, -0.25) is 4.79 Å². The standard InChI is InChI=1S/C18H22N2O3/c1-3-22-18-16(10-7-11-19-18)12-20-17(21)14(2)23-13-15-8-5-4-6-9-15/h4-11,14H,3,12-13H2,1-2H3,(H,20,21). The lowest BCUT2D eigenvalue weighted by molar-refractivity contribution is -0.132. The van der Waals surface area contributed by atoms with Crippen LogP contribution in [0.4, 0.5) is 0 Å². The van der Waals surface area contributed by atoms with Crippen molar-refractivity contribution in [1.82, 2.24) is 10.3 Å². The monoisotopic (exact) mass is 314 g/mol. The minimum absolute atomic E-state index is 0.160. The maximum absolute atomic E-state index is 12.1. The molecule has 1 heterocycles. The first-order valence-electron chi connectivity index (χ1n) is 7.70. The van der Waals surface area contributed by atoms with Gasteiger partial charge in [-0.15, -0.1) is 0 Å². The quantitative estimate of drug-likeness (QED) is 0.814. The summed E-state index contributed by atoms with van der Waals surface area (Å²) < 4.78 is 11.0. The topological polar surface area (TPSA) is 60.5 Å². The Morgan fingerprint density at radius 2 is 2.00 bits per heavy atom. The molecule has 23 heavy (non-hydrogen) atoms. The molecule has 0 spiro atoms. The predicted octanol–water partition coefficient (Wildman–Crippen LogP) is 2.70. The average Bonchev–Trinajstić information content (AvgIpc) is 2.59. The van der Waals surface area contributed by atoms with Gasteiger partial charge in [0, 0.05) is 18.3 Å². The molecule has 2 aromatic rings. The zero-order chi connectivity index (χ0) is 16.5. The summed E-state index contributed by atoms with van der Waals surface area (Å²) in [7, 11) is 0. The van der Waals surface area contributed by atoms with Gasteiger partial charge in [-0.05, 0) is 25.5 Å². The molecular formula is C18H22N2O3. The summed E-state index contributed by atoms with van der Waals surface area (Å²) in [5, 5.41) is 2.85. The number of carbonyl (C=O) groups excluding carboxylic acids is 1. The second kappa shape index (κ2) is 8.90. The van der Waals surface area contributed by atoms with E-state index in [1.165, 1.54) is 0 Å². The van der Waals surface area contributed by atoms with Crippen molar-refractivity contribution in [1.29, 1.82) is 0 Å². The van der Waals surface area contributed by atoms with Crippen molar-refractivity contribution in [2.75, 3.05) is 6.61 Å². The highest BCUT2D eigenvalue weighted by molar-refractivity contribution is 5.80. The number of hydrogen-bond donors (Lipinski definition) is 1. The largest absolute Gasteiger partial charge is 0.478 e. The number of nitrogens with zero attached hydrogens (tertiary/aromatic N) is 1. The third kappa shape index (κ3) is 5.38. The Morgan fingerprint density at radius 3 is 2.74 bits per heavy atom. The van der Waals surface area contributed by atoms with Crippen molar-refractivity contribution in [2.24, 2.45) is 0 Å². The van der Waals surface area contributed by atoms with Crippen molar-refractivity contribution in [3.8, 4) is 5.88 Å². The number of ether oxygens (including phenoxy) is 2. The third-order valence-corrected chi connectivity index (χ3v) is 3.30. The highest BCUT2D eigenvalue weighted by atomic mass is 16.5. The molecule has 1 aromatic heterocycles. The Labute approximate surface area is 136 Å². The maximum atomic E-state index is 12.1. The molecule has 1 aromatic carbocycles. The summed E-state index contributed by atoms with van der Waals surface area (Å²) in [5.41, 5.74) is 1.89. The molecule has 0 bridgehead atoms. The van der Waals surface area contributed by atoms with Crippen LogP contribution >= 0.6 is 0 Å². The van der Waals surface area contributed by atoms with Crippen LogP contribution in [0.3, 0.4) is 0 Å². The molecule has 122 valence electrons. The lowest BCUT2D eigenvalue weighted by atomic mass is 10.2. The minimum Gasteiger partial charge on any atom is -0.478 e. The minimum atomic E-state index is -0.526. The van der Waals surface area contributed by atoms with Gasteiger partial charge in [0.25, 0.3) is 0 Å².